The third kappa shape index (κ3) is 9.51. The summed E-state index contributed by atoms with van der Waals surface area (Å²) in [4.78, 5) is 22.7. The second-order valence-electron chi connectivity index (χ2n) is 7.21. The van der Waals surface area contributed by atoms with Gasteiger partial charge >= 0.3 is 15.2 Å². The molecular weight excluding hydrogens is 502 g/mol. The first-order valence-corrected chi connectivity index (χ1v) is 15.1. The molecule has 0 saturated carbocycles. The van der Waals surface area contributed by atoms with E-state index in [0.29, 0.717) is 5.65 Å². The second-order valence-corrected chi connectivity index (χ2v) is 11.6. The molecule has 2 rings (SSSR count). The van der Waals surface area contributed by atoms with Crippen LogP contribution in [-0.4, -0.2) is 84.2 Å². The first-order valence-electron chi connectivity index (χ1n) is 11.6. The van der Waals surface area contributed by atoms with E-state index in [1.54, 1.807) is 32.3 Å². The van der Waals surface area contributed by atoms with E-state index in [1.807, 2.05) is 0 Å². The zero-order valence-electron chi connectivity index (χ0n) is 20.7. The summed E-state index contributed by atoms with van der Waals surface area (Å²) in [5.74, 6) is 0. The lowest BCUT2D eigenvalue weighted by Crippen LogP contribution is -2.28. The van der Waals surface area contributed by atoms with Gasteiger partial charge in [-0.1, -0.05) is 0 Å². The molecule has 1 atom stereocenters. The molecule has 2 aromatic rings. The number of H-pyrrole nitrogens is 1. The van der Waals surface area contributed by atoms with Crippen molar-refractivity contribution in [3.63, 3.8) is 0 Å². The number of hydrogen-bond donors (Lipinski definition) is 1. The van der Waals surface area contributed by atoms with E-state index in [4.69, 9.17) is 27.6 Å². The summed E-state index contributed by atoms with van der Waals surface area (Å²) >= 11 is 0. The molecule has 0 amide bonds. The Morgan fingerprint density at radius 1 is 0.914 bits per heavy atom. The van der Waals surface area contributed by atoms with Crippen molar-refractivity contribution in [2.75, 3.05) is 58.6 Å². The van der Waals surface area contributed by atoms with Crippen molar-refractivity contribution in [2.45, 2.75) is 40.3 Å². The molecule has 15 heteroatoms. The fourth-order valence-corrected chi connectivity index (χ4v) is 6.16. The van der Waals surface area contributed by atoms with Crippen LogP contribution in [-0.2, 0) is 43.2 Å². The maximum atomic E-state index is 12.7. The number of ether oxygens (including phenoxy) is 2. The standard InChI is InChI=1S/C20H36N4O9P2/c1-5-30-34(26,31-6-2)11-9-28-14-17(29-10-12-35(27,32-7-3)33-8-4)13-24-16-23-18-19(24)21-15-22-20(18)25/h15-17H,5-14H2,1-4H3,(H,21,22,25). The lowest BCUT2D eigenvalue weighted by molar-refractivity contribution is -0.0171. The largest absolute Gasteiger partial charge is 0.378 e. The SMILES string of the molecule is CCOP(=O)(CCOCC(Cn1cnc2c(=O)[nH]cnc21)OCCP(=O)(OCC)OCC)OCC. The van der Waals surface area contributed by atoms with E-state index in [-0.39, 0.29) is 76.2 Å². The van der Waals surface area contributed by atoms with Crippen molar-refractivity contribution in [1.82, 2.24) is 19.5 Å². The molecular formula is C20H36N4O9P2. The number of aromatic nitrogens is 4. The highest BCUT2D eigenvalue weighted by Crippen LogP contribution is 2.48. The molecule has 1 N–H and O–H groups in total. The minimum absolute atomic E-state index is 0.0671. The molecule has 0 saturated heterocycles. The van der Waals surface area contributed by atoms with Crippen molar-refractivity contribution < 1.29 is 36.7 Å². The maximum Gasteiger partial charge on any atom is 0.332 e. The molecule has 0 spiro atoms. The van der Waals surface area contributed by atoms with Crippen molar-refractivity contribution >= 4 is 26.4 Å². The second kappa shape index (κ2) is 15.0. The molecule has 0 aliphatic heterocycles. The minimum atomic E-state index is -3.27. The number of fused-ring (bicyclic) bond motifs is 1. The van der Waals surface area contributed by atoms with Gasteiger partial charge in [-0.2, -0.15) is 0 Å². The quantitative estimate of drug-likeness (QED) is 0.207. The van der Waals surface area contributed by atoms with Gasteiger partial charge in [0.05, 0.1) is 83.9 Å². The number of nitrogens with zero attached hydrogens (tertiary/aromatic N) is 3. The Kier molecular flexibility index (Phi) is 12.7. The molecule has 13 nitrogen and oxygen atoms in total. The van der Waals surface area contributed by atoms with Crippen LogP contribution in [0, 0.1) is 0 Å². The topological polar surface area (TPSA) is 153 Å². The Hall–Kier alpha value is -1.43. The van der Waals surface area contributed by atoms with Gasteiger partial charge in [-0.15, -0.1) is 0 Å². The number of hydrogen-bond acceptors (Lipinski definition) is 11. The summed E-state index contributed by atoms with van der Waals surface area (Å²) < 4.78 is 59.9. The predicted octanol–water partition coefficient (Wildman–Crippen LogP) is 3.05. The Labute approximate surface area is 204 Å². The summed E-state index contributed by atoms with van der Waals surface area (Å²) in [6.07, 6.45) is 2.43. The Morgan fingerprint density at radius 3 is 2.06 bits per heavy atom. The fraction of sp³-hybridized carbons (Fsp3) is 0.750. The van der Waals surface area contributed by atoms with Crippen LogP contribution in [0.4, 0.5) is 0 Å². The van der Waals surface area contributed by atoms with Crippen LogP contribution >= 0.6 is 15.2 Å². The van der Waals surface area contributed by atoms with Gasteiger partial charge in [0, 0.05) is 0 Å². The maximum absolute atomic E-state index is 12.7. The van der Waals surface area contributed by atoms with Crippen LogP contribution in [0.15, 0.2) is 17.4 Å². The summed E-state index contributed by atoms with van der Waals surface area (Å²) in [5, 5.41) is 0. The number of imidazole rings is 1. The highest BCUT2D eigenvalue weighted by atomic mass is 31.2. The number of rotatable bonds is 19. The van der Waals surface area contributed by atoms with Crippen molar-refractivity contribution in [1.29, 1.82) is 0 Å². The molecule has 0 bridgehead atoms. The van der Waals surface area contributed by atoms with E-state index >= 15 is 0 Å². The average Bonchev–Trinajstić information content (AvgIpc) is 3.21. The third-order valence-electron chi connectivity index (χ3n) is 4.64. The fourth-order valence-electron chi connectivity index (χ4n) is 3.24. The van der Waals surface area contributed by atoms with Crippen molar-refractivity contribution in [3.05, 3.63) is 23.0 Å². The van der Waals surface area contributed by atoms with Gasteiger partial charge in [0.2, 0.25) is 0 Å². The van der Waals surface area contributed by atoms with Crippen LogP contribution in [0.1, 0.15) is 27.7 Å². The van der Waals surface area contributed by atoms with Gasteiger partial charge in [0.25, 0.3) is 5.56 Å². The van der Waals surface area contributed by atoms with Crippen molar-refractivity contribution in [2.24, 2.45) is 0 Å². The summed E-state index contributed by atoms with van der Waals surface area (Å²) in [7, 11) is -6.51. The summed E-state index contributed by atoms with van der Waals surface area (Å²) in [6, 6.07) is 0. The first-order chi connectivity index (χ1) is 16.8. The molecule has 0 aromatic carbocycles. The molecule has 2 aromatic heterocycles. The molecule has 0 fully saturated rings. The van der Waals surface area contributed by atoms with Crippen LogP contribution in [0.5, 0.6) is 0 Å². The highest BCUT2D eigenvalue weighted by Gasteiger charge is 2.26. The number of nitrogens with one attached hydrogen (secondary N) is 1. The zero-order chi connectivity index (χ0) is 25.7. The summed E-state index contributed by atoms with van der Waals surface area (Å²) in [5.41, 5.74) is 0.256. The van der Waals surface area contributed by atoms with E-state index in [1.165, 1.54) is 12.7 Å². The molecule has 35 heavy (non-hydrogen) atoms. The molecule has 0 aliphatic carbocycles. The van der Waals surface area contributed by atoms with Gasteiger partial charge in [-0.05, 0) is 27.7 Å². The smallest absolute Gasteiger partial charge is 0.332 e. The zero-order valence-corrected chi connectivity index (χ0v) is 22.5. The van der Waals surface area contributed by atoms with Crippen LogP contribution in [0.2, 0.25) is 0 Å². The van der Waals surface area contributed by atoms with Gasteiger partial charge < -0.3 is 37.1 Å². The predicted molar refractivity (Wildman–Crippen MR) is 130 cm³/mol. The molecule has 200 valence electrons. The molecule has 0 radical (unpaired) electrons. The van der Waals surface area contributed by atoms with Gasteiger partial charge in [0.1, 0.15) is 0 Å². The molecule has 2 heterocycles. The van der Waals surface area contributed by atoms with E-state index < -0.39 is 21.3 Å². The Bertz CT molecular complexity index is 1030. The van der Waals surface area contributed by atoms with Crippen molar-refractivity contribution in [3.8, 4) is 0 Å². The lowest BCUT2D eigenvalue weighted by atomic mass is 10.3. The van der Waals surface area contributed by atoms with E-state index in [2.05, 4.69) is 15.0 Å². The minimum Gasteiger partial charge on any atom is -0.378 e. The monoisotopic (exact) mass is 538 g/mol. The van der Waals surface area contributed by atoms with Crippen LogP contribution < -0.4 is 5.56 Å². The van der Waals surface area contributed by atoms with E-state index in [9.17, 15) is 13.9 Å². The summed E-state index contributed by atoms with van der Waals surface area (Å²) in [6.45, 7) is 8.60. The molecule has 0 aliphatic rings. The van der Waals surface area contributed by atoms with Gasteiger partial charge in [-0.3, -0.25) is 13.9 Å². The van der Waals surface area contributed by atoms with Gasteiger partial charge in [0.15, 0.2) is 11.2 Å². The number of aromatic amines is 1. The van der Waals surface area contributed by atoms with Crippen LogP contribution in [0.3, 0.4) is 0 Å². The normalized spacial score (nSPS) is 13.5. The molecule has 1 unspecified atom stereocenters. The Balaban J connectivity index is 2.05. The van der Waals surface area contributed by atoms with Gasteiger partial charge in [-0.25, -0.2) is 9.97 Å². The third-order valence-corrected chi connectivity index (χ3v) is 8.71. The van der Waals surface area contributed by atoms with E-state index in [0.717, 1.165) is 0 Å². The van der Waals surface area contributed by atoms with Crippen LogP contribution in [0.25, 0.3) is 11.2 Å². The first kappa shape index (κ1) is 29.8. The lowest BCUT2D eigenvalue weighted by Gasteiger charge is -2.22. The highest BCUT2D eigenvalue weighted by molar-refractivity contribution is 7.54. The average molecular weight is 538 g/mol. The Morgan fingerprint density at radius 2 is 1.49 bits per heavy atom.